The molecule has 1 saturated heterocycles. The van der Waals surface area contributed by atoms with Crippen LogP contribution < -0.4 is 10.1 Å². The third-order valence-electron chi connectivity index (χ3n) is 5.18. The summed E-state index contributed by atoms with van der Waals surface area (Å²) in [5, 5.41) is 3.08. The van der Waals surface area contributed by atoms with E-state index in [1.54, 1.807) is 0 Å². The van der Waals surface area contributed by atoms with E-state index >= 15 is 0 Å². The average Bonchev–Trinajstić information content (AvgIpc) is 3.13. The van der Waals surface area contributed by atoms with Gasteiger partial charge in [0.05, 0.1) is 12.0 Å². The highest BCUT2D eigenvalue weighted by Crippen LogP contribution is 2.33. The summed E-state index contributed by atoms with van der Waals surface area (Å²) in [7, 11) is 0. The highest BCUT2D eigenvalue weighted by Gasteiger charge is 2.38. The molecule has 2 heterocycles. The van der Waals surface area contributed by atoms with Gasteiger partial charge in [-0.25, -0.2) is 0 Å². The monoisotopic (exact) mass is 330 g/mol. The molecular formula is C19H26N2O3. The van der Waals surface area contributed by atoms with Crippen LogP contribution in [0.15, 0.2) is 18.2 Å². The van der Waals surface area contributed by atoms with Crippen molar-refractivity contribution >= 4 is 11.8 Å². The number of nitrogens with zero attached hydrogens (tertiary/aromatic N) is 1. The van der Waals surface area contributed by atoms with Crippen molar-refractivity contribution in [1.29, 1.82) is 0 Å². The Balaban J connectivity index is 1.65. The lowest BCUT2D eigenvalue weighted by Gasteiger charge is -2.26. The summed E-state index contributed by atoms with van der Waals surface area (Å²) in [6, 6.07) is 6.14. The zero-order chi connectivity index (χ0) is 17.3. The van der Waals surface area contributed by atoms with Gasteiger partial charge in [-0.05, 0) is 25.8 Å². The fraction of sp³-hybridized carbons (Fsp3) is 0.579. The lowest BCUT2D eigenvalue weighted by Crippen LogP contribution is -2.38. The first kappa shape index (κ1) is 16.8. The van der Waals surface area contributed by atoms with Crippen molar-refractivity contribution in [3.05, 3.63) is 29.3 Å². The maximum atomic E-state index is 12.6. The van der Waals surface area contributed by atoms with E-state index in [2.05, 4.69) is 25.2 Å². The van der Waals surface area contributed by atoms with Crippen LogP contribution in [0.4, 0.5) is 0 Å². The van der Waals surface area contributed by atoms with E-state index in [4.69, 9.17) is 4.74 Å². The van der Waals surface area contributed by atoms with Gasteiger partial charge < -0.3 is 15.0 Å². The van der Waals surface area contributed by atoms with Crippen molar-refractivity contribution in [2.75, 3.05) is 13.2 Å². The summed E-state index contributed by atoms with van der Waals surface area (Å²) in [6.07, 6.45) is 2.18. The number of amides is 2. The SMILES string of the molecule is CCC(CC)N1C[C@H](C(=O)N[C@@H]2COc3ccc(C)cc32)CC1=O. The molecule has 2 aliphatic rings. The lowest BCUT2D eigenvalue weighted by atomic mass is 10.0. The molecule has 2 amide bonds. The standard InChI is InChI=1S/C19H26N2O3/c1-4-14(5-2)21-10-13(9-18(21)22)19(23)20-16-11-24-17-7-6-12(3)8-15(16)17/h6-8,13-14,16H,4-5,9-11H2,1-3H3,(H,20,23)/t13-,16-/m1/s1. The first-order valence-corrected chi connectivity index (χ1v) is 8.86. The van der Waals surface area contributed by atoms with E-state index in [-0.39, 0.29) is 29.8 Å². The fourth-order valence-electron chi connectivity index (χ4n) is 3.73. The first-order chi connectivity index (χ1) is 11.5. The molecule has 2 atom stereocenters. The van der Waals surface area contributed by atoms with Crippen LogP contribution in [0.5, 0.6) is 5.75 Å². The van der Waals surface area contributed by atoms with Crippen LogP contribution in [0.2, 0.25) is 0 Å². The molecule has 0 spiro atoms. The van der Waals surface area contributed by atoms with Gasteiger partial charge in [-0.15, -0.1) is 0 Å². The van der Waals surface area contributed by atoms with Gasteiger partial charge in [-0.3, -0.25) is 9.59 Å². The molecule has 5 nitrogen and oxygen atoms in total. The van der Waals surface area contributed by atoms with E-state index in [1.807, 2.05) is 24.0 Å². The quantitative estimate of drug-likeness (QED) is 0.903. The minimum atomic E-state index is -0.257. The molecule has 130 valence electrons. The number of ether oxygens (including phenoxy) is 1. The molecule has 2 aliphatic heterocycles. The Morgan fingerprint density at radius 1 is 1.38 bits per heavy atom. The van der Waals surface area contributed by atoms with Crippen molar-refractivity contribution in [3.8, 4) is 5.75 Å². The zero-order valence-corrected chi connectivity index (χ0v) is 14.7. The summed E-state index contributed by atoms with van der Waals surface area (Å²) in [6.45, 7) is 7.20. The summed E-state index contributed by atoms with van der Waals surface area (Å²) < 4.78 is 5.65. The van der Waals surface area contributed by atoms with Gasteiger partial charge in [-0.1, -0.05) is 31.5 Å². The Bertz CT molecular complexity index is 639. The van der Waals surface area contributed by atoms with Crippen molar-refractivity contribution in [2.24, 2.45) is 5.92 Å². The Morgan fingerprint density at radius 3 is 2.83 bits per heavy atom. The molecule has 0 saturated carbocycles. The van der Waals surface area contributed by atoms with Crippen molar-refractivity contribution in [2.45, 2.75) is 52.1 Å². The smallest absolute Gasteiger partial charge is 0.226 e. The highest BCUT2D eigenvalue weighted by atomic mass is 16.5. The second kappa shape index (κ2) is 6.83. The molecule has 0 aromatic heterocycles. The second-order valence-corrected chi connectivity index (χ2v) is 6.83. The number of likely N-dealkylation sites (tertiary alicyclic amines) is 1. The van der Waals surface area contributed by atoms with Gasteiger partial charge >= 0.3 is 0 Å². The Hall–Kier alpha value is -2.04. The molecule has 5 heteroatoms. The molecule has 1 aromatic carbocycles. The van der Waals surface area contributed by atoms with Gasteiger partial charge in [0, 0.05) is 24.6 Å². The zero-order valence-electron chi connectivity index (χ0n) is 14.7. The van der Waals surface area contributed by atoms with Gasteiger partial charge in [0.25, 0.3) is 0 Å². The number of benzene rings is 1. The molecule has 1 N–H and O–H groups in total. The molecular weight excluding hydrogens is 304 g/mol. The van der Waals surface area contributed by atoms with E-state index in [9.17, 15) is 9.59 Å². The summed E-state index contributed by atoms with van der Waals surface area (Å²) in [5.41, 5.74) is 2.18. The van der Waals surface area contributed by atoms with Crippen LogP contribution >= 0.6 is 0 Å². The van der Waals surface area contributed by atoms with Crippen LogP contribution in [0.1, 0.15) is 50.3 Å². The van der Waals surface area contributed by atoms with Gasteiger partial charge in [0.15, 0.2) is 0 Å². The maximum absolute atomic E-state index is 12.6. The maximum Gasteiger partial charge on any atom is 0.226 e. The number of nitrogens with one attached hydrogen (secondary N) is 1. The van der Waals surface area contributed by atoms with Crippen LogP contribution in [-0.2, 0) is 9.59 Å². The van der Waals surface area contributed by atoms with Gasteiger partial charge in [0.1, 0.15) is 12.4 Å². The number of hydrogen-bond donors (Lipinski definition) is 1. The van der Waals surface area contributed by atoms with E-state index < -0.39 is 0 Å². The van der Waals surface area contributed by atoms with E-state index in [1.165, 1.54) is 0 Å². The van der Waals surface area contributed by atoms with Crippen LogP contribution in [0.25, 0.3) is 0 Å². The molecule has 3 rings (SSSR count). The Kier molecular flexibility index (Phi) is 4.78. The van der Waals surface area contributed by atoms with Crippen LogP contribution in [0.3, 0.4) is 0 Å². The number of carbonyl (C=O) groups is 2. The minimum Gasteiger partial charge on any atom is -0.491 e. The third-order valence-corrected chi connectivity index (χ3v) is 5.18. The first-order valence-electron chi connectivity index (χ1n) is 8.86. The topological polar surface area (TPSA) is 58.6 Å². The van der Waals surface area contributed by atoms with Gasteiger partial charge in [-0.2, -0.15) is 0 Å². The molecule has 1 fully saturated rings. The molecule has 0 unspecified atom stereocenters. The van der Waals surface area contributed by atoms with Crippen molar-refractivity contribution in [3.63, 3.8) is 0 Å². The van der Waals surface area contributed by atoms with Gasteiger partial charge in [0.2, 0.25) is 11.8 Å². The number of aryl methyl sites for hydroxylation is 1. The summed E-state index contributed by atoms with van der Waals surface area (Å²) >= 11 is 0. The molecule has 1 aromatic rings. The Labute approximate surface area is 143 Å². The number of rotatable bonds is 5. The van der Waals surface area contributed by atoms with E-state index in [0.717, 1.165) is 29.7 Å². The largest absolute Gasteiger partial charge is 0.491 e. The van der Waals surface area contributed by atoms with Crippen molar-refractivity contribution in [1.82, 2.24) is 10.2 Å². The van der Waals surface area contributed by atoms with Crippen LogP contribution in [0, 0.1) is 12.8 Å². The lowest BCUT2D eigenvalue weighted by molar-refractivity contribution is -0.130. The van der Waals surface area contributed by atoms with Crippen LogP contribution in [-0.4, -0.2) is 35.9 Å². The van der Waals surface area contributed by atoms with Crippen molar-refractivity contribution < 1.29 is 14.3 Å². The average molecular weight is 330 g/mol. The number of carbonyl (C=O) groups excluding carboxylic acids is 2. The molecule has 24 heavy (non-hydrogen) atoms. The molecule has 0 radical (unpaired) electrons. The Morgan fingerprint density at radius 2 is 2.12 bits per heavy atom. The highest BCUT2D eigenvalue weighted by molar-refractivity contribution is 5.89. The number of hydrogen-bond acceptors (Lipinski definition) is 3. The molecule has 0 aliphatic carbocycles. The summed E-state index contributed by atoms with van der Waals surface area (Å²) in [4.78, 5) is 26.8. The second-order valence-electron chi connectivity index (χ2n) is 6.83. The third kappa shape index (κ3) is 3.12. The normalized spacial score (nSPS) is 22.7. The minimum absolute atomic E-state index is 0.0419. The fourth-order valence-corrected chi connectivity index (χ4v) is 3.73. The predicted molar refractivity (Wildman–Crippen MR) is 91.7 cm³/mol. The summed E-state index contributed by atoms with van der Waals surface area (Å²) in [5.74, 6) is 0.640. The van der Waals surface area contributed by atoms with E-state index in [0.29, 0.717) is 19.6 Å². The molecule has 0 bridgehead atoms. The number of fused-ring (bicyclic) bond motifs is 1. The predicted octanol–water partition coefficient (Wildman–Crippen LogP) is 2.58.